The van der Waals surface area contributed by atoms with E-state index in [1.807, 2.05) is 35.0 Å². The second-order valence-corrected chi connectivity index (χ2v) is 3.29. The van der Waals surface area contributed by atoms with Gasteiger partial charge in [-0.1, -0.05) is 30.3 Å². The Morgan fingerprint density at radius 3 is 2.60 bits per heavy atom. The van der Waals surface area contributed by atoms with Crippen molar-refractivity contribution >= 4 is 0 Å². The number of benzene rings is 1. The van der Waals surface area contributed by atoms with Gasteiger partial charge in [0.05, 0.1) is 17.1 Å². The number of rotatable bonds is 3. The lowest BCUT2D eigenvalue weighted by Crippen LogP contribution is -2.04. The molecule has 0 aliphatic carbocycles. The van der Waals surface area contributed by atoms with E-state index in [9.17, 15) is 0 Å². The van der Waals surface area contributed by atoms with E-state index in [0.717, 1.165) is 23.5 Å². The molecule has 0 radical (unpaired) electrons. The third-order valence-corrected chi connectivity index (χ3v) is 2.37. The summed E-state index contributed by atoms with van der Waals surface area (Å²) in [6.07, 6.45) is 0.883. The molecule has 0 unspecified atom stereocenters. The molecule has 78 valence electrons. The van der Waals surface area contributed by atoms with Gasteiger partial charge in [0.1, 0.15) is 0 Å². The van der Waals surface area contributed by atoms with Gasteiger partial charge >= 0.3 is 0 Å². The largest absolute Gasteiger partial charge is 0.325 e. The van der Waals surface area contributed by atoms with Crippen LogP contribution in [0.1, 0.15) is 18.3 Å². The van der Waals surface area contributed by atoms with E-state index in [2.05, 4.69) is 17.2 Å². The van der Waals surface area contributed by atoms with E-state index in [4.69, 9.17) is 5.73 Å². The topological polar surface area (TPSA) is 56.7 Å². The van der Waals surface area contributed by atoms with Crippen LogP contribution >= 0.6 is 0 Å². The van der Waals surface area contributed by atoms with Gasteiger partial charge < -0.3 is 5.73 Å². The van der Waals surface area contributed by atoms with E-state index in [-0.39, 0.29) is 0 Å². The minimum Gasteiger partial charge on any atom is -0.325 e. The molecule has 0 aliphatic rings. The molecular formula is C11H14N4. The molecule has 0 atom stereocenters. The fraction of sp³-hybridized carbons (Fsp3) is 0.273. The summed E-state index contributed by atoms with van der Waals surface area (Å²) < 4.78 is 1.85. The molecule has 0 saturated heterocycles. The van der Waals surface area contributed by atoms with Gasteiger partial charge in [-0.05, 0) is 18.6 Å². The van der Waals surface area contributed by atoms with E-state index in [0.29, 0.717) is 6.54 Å². The molecule has 2 N–H and O–H groups in total. The highest BCUT2D eigenvalue weighted by molar-refractivity contribution is 5.33. The van der Waals surface area contributed by atoms with Crippen LogP contribution in [0.4, 0.5) is 0 Å². The second kappa shape index (κ2) is 4.23. The Hall–Kier alpha value is -1.68. The Morgan fingerprint density at radius 2 is 2.00 bits per heavy atom. The van der Waals surface area contributed by atoms with Gasteiger partial charge in [-0.2, -0.15) is 0 Å². The smallest absolute Gasteiger partial charge is 0.0999 e. The highest BCUT2D eigenvalue weighted by atomic mass is 15.4. The van der Waals surface area contributed by atoms with Crippen LogP contribution < -0.4 is 5.73 Å². The highest BCUT2D eigenvalue weighted by Gasteiger charge is 2.10. The zero-order chi connectivity index (χ0) is 10.7. The van der Waals surface area contributed by atoms with E-state index in [1.54, 1.807) is 0 Å². The van der Waals surface area contributed by atoms with Crippen LogP contribution in [0.5, 0.6) is 0 Å². The minimum atomic E-state index is 0.440. The lowest BCUT2D eigenvalue weighted by atomic mass is 10.2. The monoisotopic (exact) mass is 202 g/mol. The van der Waals surface area contributed by atoms with Gasteiger partial charge in [0.2, 0.25) is 0 Å². The lowest BCUT2D eigenvalue weighted by molar-refractivity contribution is 0.767. The van der Waals surface area contributed by atoms with Crippen molar-refractivity contribution in [2.45, 2.75) is 19.9 Å². The maximum absolute atomic E-state index is 5.60. The minimum absolute atomic E-state index is 0.440. The number of nitrogens with zero attached hydrogens (tertiary/aromatic N) is 3. The van der Waals surface area contributed by atoms with Gasteiger partial charge in [-0.15, -0.1) is 5.10 Å². The molecule has 15 heavy (non-hydrogen) atoms. The summed E-state index contributed by atoms with van der Waals surface area (Å²) in [5.74, 6) is 0. The summed E-state index contributed by atoms with van der Waals surface area (Å²) in [5, 5.41) is 8.18. The molecule has 0 saturated carbocycles. The standard InChI is InChI=1S/C11H14N4/c1-2-11-10(8-12)13-14-15(11)9-6-4-3-5-7-9/h3-7H,2,8,12H2,1H3. The molecule has 1 aromatic carbocycles. The number of hydrogen-bond donors (Lipinski definition) is 1. The fourth-order valence-electron chi connectivity index (χ4n) is 1.62. The van der Waals surface area contributed by atoms with Gasteiger partial charge in [-0.3, -0.25) is 0 Å². The highest BCUT2D eigenvalue weighted by Crippen LogP contribution is 2.12. The van der Waals surface area contributed by atoms with Crippen LogP contribution in [-0.2, 0) is 13.0 Å². The molecule has 4 nitrogen and oxygen atoms in total. The van der Waals surface area contributed by atoms with Gasteiger partial charge in [0, 0.05) is 6.54 Å². The van der Waals surface area contributed by atoms with Gasteiger partial charge in [-0.25, -0.2) is 4.68 Å². The molecule has 0 spiro atoms. The Bertz CT molecular complexity index is 433. The maximum Gasteiger partial charge on any atom is 0.0999 e. The summed E-state index contributed by atoms with van der Waals surface area (Å²) in [6, 6.07) is 9.97. The molecule has 1 aromatic heterocycles. The average molecular weight is 202 g/mol. The predicted octanol–water partition coefficient (Wildman–Crippen LogP) is 1.29. The third kappa shape index (κ3) is 1.76. The normalized spacial score (nSPS) is 10.5. The summed E-state index contributed by atoms with van der Waals surface area (Å²) in [5.41, 5.74) is 8.59. The molecule has 2 rings (SSSR count). The zero-order valence-electron chi connectivity index (χ0n) is 8.72. The lowest BCUT2D eigenvalue weighted by Gasteiger charge is -2.04. The van der Waals surface area contributed by atoms with Crippen molar-refractivity contribution in [1.82, 2.24) is 15.0 Å². The summed E-state index contributed by atoms with van der Waals surface area (Å²) >= 11 is 0. The van der Waals surface area contributed by atoms with Crippen LogP contribution in [0.15, 0.2) is 30.3 Å². The molecule has 2 aromatic rings. The summed E-state index contributed by atoms with van der Waals surface area (Å²) in [6.45, 7) is 2.52. The Balaban J connectivity index is 2.49. The molecule has 4 heteroatoms. The first kappa shape index (κ1) is 9.86. The Kier molecular flexibility index (Phi) is 2.78. The van der Waals surface area contributed by atoms with Crippen LogP contribution in [0.3, 0.4) is 0 Å². The summed E-state index contributed by atoms with van der Waals surface area (Å²) in [7, 11) is 0. The van der Waals surface area contributed by atoms with Crippen molar-refractivity contribution < 1.29 is 0 Å². The van der Waals surface area contributed by atoms with Crippen molar-refractivity contribution in [2.75, 3.05) is 0 Å². The first-order chi connectivity index (χ1) is 7.36. The SMILES string of the molecule is CCc1c(CN)nnn1-c1ccccc1. The van der Waals surface area contributed by atoms with Gasteiger partial charge in [0.25, 0.3) is 0 Å². The van der Waals surface area contributed by atoms with E-state index in [1.165, 1.54) is 0 Å². The number of nitrogens with two attached hydrogens (primary N) is 1. The molecule has 0 fully saturated rings. The molecule has 0 aliphatic heterocycles. The van der Waals surface area contributed by atoms with Crippen molar-refractivity contribution in [3.63, 3.8) is 0 Å². The van der Waals surface area contributed by atoms with Crippen LogP contribution in [-0.4, -0.2) is 15.0 Å². The van der Waals surface area contributed by atoms with Gasteiger partial charge in [0.15, 0.2) is 0 Å². The van der Waals surface area contributed by atoms with Crippen LogP contribution in [0.25, 0.3) is 5.69 Å². The number of hydrogen-bond acceptors (Lipinski definition) is 3. The van der Waals surface area contributed by atoms with Crippen LogP contribution in [0.2, 0.25) is 0 Å². The Labute approximate surface area is 88.7 Å². The summed E-state index contributed by atoms with van der Waals surface area (Å²) in [4.78, 5) is 0. The average Bonchev–Trinajstić information content (AvgIpc) is 2.72. The molecular weight excluding hydrogens is 188 g/mol. The quantitative estimate of drug-likeness (QED) is 0.815. The van der Waals surface area contributed by atoms with Crippen LogP contribution in [0, 0.1) is 0 Å². The van der Waals surface area contributed by atoms with Crippen molar-refractivity contribution in [3.05, 3.63) is 41.7 Å². The molecule has 0 amide bonds. The third-order valence-electron chi connectivity index (χ3n) is 2.37. The first-order valence-electron chi connectivity index (χ1n) is 5.05. The second-order valence-electron chi connectivity index (χ2n) is 3.29. The molecule has 1 heterocycles. The fourth-order valence-corrected chi connectivity index (χ4v) is 1.62. The van der Waals surface area contributed by atoms with Crippen molar-refractivity contribution in [1.29, 1.82) is 0 Å². The zero-order valence-corrected chi connectivity index (χ0v) is 8.72. The maximum atomic E-state index is 5.60. The number of para-hydroxylation sites is 1. The van der Waals surface area contributed by atoms with Crippen molar-refractivity contribution in [2.24, 2.45) is 5.73 Å². The number of aromatic nitrogens is 3. The van der Waals surface area contributed by atoms with E-state index < -0.39 is 0 Å². The first-order valence-corrected chi connectivity index (χ1v) is 5.05. The molecule has 0 bridgehead atoms. The van der Waals surface area contributed by atoms with Crippen molar-refractivity contribution in [3.8, 4) is 5.69 Å². The Morgan fingerprint density at radius 1 is 1.27 bits per heavy atom. The predicted molar refractivity (Wildman–Crippen MR) is 58.6 cm³/mol. The van der Waals surface area contributed by atoms with E-state index >= 15 is 0 Å².